The molecule has 0 aliphatic heterocycles. The SMILES string of the molecule is COc1ccc(S(N)(=O)=O)cc1C(=O)NNC(=O)c1ccc(OC(C)C)cc1. The number of hydrazine groups is 1. The van der Waals surface area contributed by atoms with Gasteiger partial charge in [0.05, 0.1) is 23.7 Å². The monoisotopic (exact) mass is 407 g/mol. The molecule has 10 heteroatoms. The summed E-state index contributed by atoms with van der Waals surface area (Å²) in [5.41, 5.74) is 4.65. The molecule has 0 unspecified atom stereocenters. The van der Waals surface area contributed by atoms with Crippen LogP contribution in [0.1, 0.15) is 34.6 Å². The molecule has 0 radical (unpaired) electrons. The zero-order chi connectivity index (χ0) is 20.9. The lowest BCUT2D eigenvalue weighted by Gasteiger charge is -2.12. The average molecular weight is 407 g/mol. The third kappa shape index (κ3) is 5.44. The number of ether oxygens (including phenoxy) is 2. The first-order valence-electron chi connectivity index (χ1n) is 8.20. The minimum atomic E-state index is -4.01. The molecular weight excluding hydrogens is 386 g/mol. The number of rotatable bonds is 6. The van der Waals surface area contributed by atoms with Gasteiger partial charge in [0, 0.05) is 5.56 Å². The van der Waals surface area contributed by atoms with Gasteiger partial charge in [-0.1, -0.05) is 0 Å². The quantitative estimate of drug-likeness (QED) is 0.616. The van der Waals surface area contributed by atoms with Crippen molar-refractivity contribution in [2.75, 3.05) is 7.11 Å². The Balaban J connectivity index is 2.10. The van der Waals surface area contributed by atoms with Crippen molar-refractivity contribution in [2.45, 2.75) is 24.8 Å². The molecule has 2 amide bonds. The van der Waals surface area contributed by atoms with Crippen molar-refractivity contribution in [1.82, 2.24) is 10.9 Å². The van der Waals surface area contributed by atoms with Crippen molar-refractivity contribution >= 4 is 21.8 Å². The van der Waals surface area contributed by atoms with Crippen LogP contribution in [0, 0.1) is 0 Å². The van der Waals surface area contributed by atoms with Crippen molar-refractivity contribution in [3.8, 4) is 11.5 Å². The van der Waals surface area contributed by atoms with Crippen LogP contribution in [0.15, 0.2) is 47.4 Å². The topological polar surface area (TPSA) is 137 Å². The van der Waals surface area contributed by atoms with Gasteiger partial charge in [-0.25, -0.2) is 13.6 Å². The Kier molecular flexibility index (Phi) is 6.60. The number of nitrogens with one attached hydrogen (secondary N) is 2. The van der Waals surface area contributed by atoms with Gasteiger partial charge in [0.25, 0.3) is 11.8 Å². The summed E-state index contributed by atoms with van der Waals surface area (Å²) in [6.07, 6.45) is 0.00189. The van der Waals surface area contributed by atoms with E-state index in [1.165, 1.54) is 19.2 Å². The molecule has 0 atom stereocenters. The molecule has 0 aromatic heterocycles. The zero-order valence-electron chi connectivity index (χ0n) is 15.6. The molecule has 2 aromatic rings. The molecule has 9 nitrogen and oxygen atoms in total. The normalized spacial score (nSPS) is 11.0. The second-order valence-corrected chi connectivity index (χ2v) is 7.57. The molecule has 28 heavy (non-hydrogen) atoms. The lowest BCUT2D eigenvalue weighted by Crippen LogP contribution is -2.41. The molecule has 2 rings (SSSR count). The summed E-state index contributed by atoms with van der Waals surface area (Å²) in [5.74, 6) is -0.601. The molecule has 4 N–H and O–H groups in total. The Bertz CT molecular complexity index is 971. The van der Waals surface area contributed by atoms with Crippen LogP contribution in [0.5, 0.6) is 11.5 Å². The highest BCUT2D eigenvalue weighted by Gasteiger charge is 2.18. The summed E-state index contributed by atoms with van der Waals surface area (Å²) in [5, 5.41) is 5.08. The average Bonchev–Trinajstić information content (AvgIpc) is 2.64. The summed E-state index contributed by atoms with van der Waals surface area (Å²) < 4.78 is 33.5. The molecule has 0 saturated carbocycles. The van der Waals surface area contributed by atoms with Gasteiger partial charge in [0.1, 0.15) is 11.5 Å². The Morgan fingerprint density at radius 3 is 2.14 bits per heavy atom. The lowest BCUT2D eigenvalue weighted by atomic mass is 10.2. The maximum atomic E-state index is 12.4. The Morgan fingerprint density at radius 2 is 1.61 bits per heavy atom. The number of methoxy groups -OCH3 is 1. The van der Waals surface area contributed by atoms with Gasteiger partial charge in [-0.05, 0) is 56.3 Å². The summed E-state index contributed by atoms with van der Waals surface area (Å²) in [4.78, 5) is 24.3. The highest BCUT2D eigenvalue weighted by Crippen LogP contribution is 2.21. The first-order valence-corrected chi connectivity index (χ1v) is 9.74. The predicted octanol–water partition coefficient (Wildman–Crippen LogP) is 1.20. The summed E-state index contributed by atoms with van der Waals surface area (Å²) >= 11 is 0. The van der Waals surface area contributed by atoms with E-state index in [9.17, 15) is 18.0 Å². The second kappa shape index (κ2) is 8.72. The van der Waals surface area contributed by atoms with E-state index in [2.05, 4.69) is 10.9 Å². The predicted molar refractivity (Wildman–Crippen MR) is 102 cm³/mol. The van der Waals surface area contributed by atoms with Gasteiger partial charge in [0.15, 0.2) is 0 Å². The fourth-order valence-electron chi connectivity index (χ4n) is 2.25. The van der Waals surface area contributed by atoms with Crippen LogP contribution < -0.4 is 25.5 Å². The largest absolute Gasteiger partial charge is 0.496 e. The smallest absolute Gasteiger partial charge is 0.273 e. The van der Waals surface area contributed by atoms with E-state index in [1.54, 1.807) is 24.3 Å². The van der Waals surface area contributed by atoms with Crippen molar-refractivity contribution in [3.63, 3.8) is 0 Å². The van der Waals surface area contributed by atoms with Crippen LogP contribution in [-0.4, -0.2) is 33.4 Å². The number of nitrogens with two attached hydrogens (primary N) is 1. The molecule has 0 spiro atoms. The summed E-state index contributed by atoms with van der Waals surface area (Å²) in [6, 6.07) is 9.93. The maximum absolute atomic E-state index is 12.4. The number of benzene rings is 2. The first-order chi connectivity index (χ1) is 13.1. The molecular formula is C18H21N3O6S. The van der Waals surface area contributed by atoms with Crippen LogP contribution in [0.2, 0.25) is 0 Å². The number of carbonyl (C=O) groups excluding carboxylic acids is 2. The van der Waals surface area contributed by atoms with Crippen LogP contribution in [0.3, 0.4) is 0 Å². The number of primary sulfonamides is 1. The van der Waals surface area contributed by atoms with Crippen LogP contribution in [0.4, 0.5) is 0 Å². The van der Waals surface area contributed by atoms with E-state index in [-0.39, 0.29) is 22.3 Å². The van der Waals surface area contributed by atoms with Gasteiger partial charge in [-0.2, -0.15) is 0 Å². The van der Waals surface area contributed by atoms with Crippen molar-refractivity contribution < 1.29 is 27.5 Å². The van der Waals surface area contributed by atoms with Crippen LogP contribution in [-0.2, 0) is 10.0 Å². The minimum absolute atomic E-state index is 0.00189. The van der Waals surface area contributed by atoms with Gasteiger partial charge < -0.3 is 9.47 Å². The molecule has 0 heterocycles. The van der Waals surface area contributed by atoms with E-state index in [0.717, 1.165) is 6.07 Å². The Morgan fingerprint density at radius 1 is 1.00 bits per heavy atom. The van der Waals surface area contributed by atoms with Crippen LogP contribution in [0.25, 0.3) is 0 Å². The molecule has 2 aromatic carbocycles. The molecule has 0 bridgehead atoms. The highest BCUT2D eigenvalue weighted by molar-refractivity contribution is 7.89. The Labute approximate surface area is 162 Å². The van der Waals surface area contributed by atoms with Crippen LogP contribution >= 0.6 is 0 Å². The van der Waals surface area contributed by atoms with Crippen molar-refractivity contribution in [1.29, 1.82) is 0 Å². The van der Waals surface area contributed by atoms with Crippen molar-refractivity contribution in [3.05, 3.63) is 53.6 Å². The zero-order valence-corrected chi connectivity index (χ0v) is 16.4. The Hall–Kier alpha value is -3.11. The molecule has 0 saturated heterocycles. The van der Waals surface area contributed by atoms with E-state index in [1.807, 2.05) is 13.8 Å². The molecule has 0 fully saturated rings. The second-order valence-electron chi connectivity index (χ2n) is 6.01. The fourth-order valence-corrected chi connectivity index (χ4v) is 2.79. The number of amides is 2. The van der Waals surface area contributed by atoms with E-state index in [4.69, 9.17) is 14.6 Å². The maximum Gasteiger partial charge on any atom is 0.273 e. The molecule has 150 valence electrons. The van der Waals surface area contributed by atoms with Gasteiger partial charge in [-0.15, -0.1) is 0 Å². The lowest BCUT2D eigenvalue weighted by molar-refractivity contribution is 0.0844. The summed E-state index contributed by atoms with van der Waals surface area (Å²) in [7, 11) is -2.68. The molecule has 0 aliphatic carbocycles. The van der Waals surface area contributed by atoms with Gasteiger partial charge in [-0.3, -0.25) is 20.4 Å². The minimum Gasteiger partial charge on any atom is -0.496 e. The first kappa shape index (κ1) is 21.2. The number of hydrogen-bond acceptors (Lipinski definition) is 6. The number of sulfonamides is 1. The standard InChI is InChI=1S/C18H21N3O6S/c1-11(2)27-13-6-4-12(5-7-13)17(22)20-21-18(23)15-10-14(28(19,24)25)8-9-16(15)26-3/h4-11H,1-3H3,(H,20,22)(H,21,23)(H2,19,24,25). The number of carbonyl (C=O) groups is 2. The third-order valence-electron chi connectivity index (χ3n) is 3.52. The van der Waals surface area contributed by atoms with Crippen molar-refractivity contribution in [2.24, 2.45) is 5.14 Å². The van der Waals surface area contributed by atoms with E-state index >= 15 is 0 Å². The fraction of sp³-hybridized carbons (Fsp3) is 0.222. The summed E-state index contributed by atoms with van der Waals surface area (Å²) in [6.45, 7) is 3.77. The van der Waals surface area contributed by atoms with E-state index in [0.29, 0.717) is 11.3 Å². The number of hydrogen-bond donors (Lipinski definition) is 3. The molecule has 0 aliphatic rings. The van der Waals surface area contributed by atoms with Gasteiger partial charge in [0.2, 0.25) is 10.0 Å². The third-order valence-corrected chi connectivity index (χ3v) is 4.43. The van der Waals surface area contributed by atoms with E-state index < -0.39 is 21.8 Å². The van der Waals surface area contributed by atoms with Gasteiger partial charge >= 0.3 is 0 Å². The highest BCUT2D eigenvalue weighted by atomic mass is 32.2.